The zero-order chi connectivity index (χ0) is 27.7. The van der Waals surface area contributed by atoms with Gasteiger partial charge < -0.3 is 25.0 Å². The first kappa shape index (κ1) is 27.3. The van der Waals surface area contributed by atoms with E-state index in [0.717, 1.165) is 31.6 Å². The van der Waals surface area contributed by atoms with Crippen LogP contribution in [0.15, 0.2) is 48.9 Å². The van der Waals surface area contributed by atoms with Crippen molar-refractivity contribution in [1.29, 1.82) is 0 Å². The number of aromatic nitrogens is 4. The van der Waals surface area contributed by atoms with Crippen LogP contribution in [0.25, 0.3) is 11.0 Å². The van der Waals surface area contributed by atoms with Crippen molar-refractivity contribution in [2.24, 2.45) is 0 Å². The molecule has 0 saturated carbocycles. The Morgan fingerprint density at radius 3 is 2.46 bits per heavy atom. The fourth-order valence-corrected chi connectivity index (χ4v) is 6.68. The number of fused-ring (bicyclic) bond motifs is 1. The van der Waals surface area contributed by atoms with Crippen LogP contribution < -0.4 is 20.8 Å². The number of benzene rings is 2. The first-order valence-corrected chi connectivity index (χ1v) is 16.0. The van der Waals surface area contributed by atoms with E-state index in [4.69, 9.17) is 11.6 Å². The molecule has 0 spiro atoms. The Morgan fingerprint density at radius 2 is 1.77 bits per heavy atom. The molecule has 1 aliphatic heterocycles. The van der Waals surface area contributed by atoms with Gasteiger partial charge in [-0.25, -0.2) is 4.98 Å². The maximum Gasteiger partial charge on any atom is 0.229 e. The van der Waals surface area contributed by atoms with Gasteiger partial charge >= 0.3 is 0 Å². The summed E-state index contributed by atoms with van der Waals surface area (Å²) >= 11 is 6.47. The van der Waals surface area contributed by atoms with Crippen molar-refractivity contribution < 1.29 is 4.57 Å². The lowest BCUT2D eigenvalue weighted by molar-refractivity contribution is 0.249. The SMILES string of the molecule is Cc1cc(Nc2ncc(Cl)c(Nc3ccc4nccnc4c3P(C)(C)=O)n2)ccc1N1CCC(N(C)C)CC1. The van der Waals surface area contributed by atoms with E-state index < -0.39 is 7.14 Å². The van der Waals surface area contributed by atoms with Crippen molar-refractivity contribution >= 4 is 63.9 Å². The monoisotopic (exact) mass is 564 g/mol. The minimum Gasteiger partial charge on any atom is -0.371 e. The van der Waals surface area contributed by atoms with E-state index in [9.17, 15) is 4.57 Å². The van der Waals surface area contributed by atoms with Crippen LogP contribution in [0.4, 0.5) is 28.8 Å². The fraction of sp³-hybridized carbons (Fsp3) is 0.357. The molecule has 4 aromatic rings. The molecule has 0 atom stereocenters. The van der Waals surface area contributed by atoms with Crippen molar-refractivity contribution in [2.45, 2.75) is 25.8 Å². The third kappa shape index (κ3) is 6.01. The van der Waals surface area contributed by atoms with Crippen LogP contribution in [0, 0.1) is 6.92 Å². The highest BCUT2D eigenvalue weighted by molar-refractivity contribution is 7.71. The number of nitrogens with one attached hydrogen (secondary N) is 2. The maximum atomic E-state index is 13.3. The summed E-state index contributed by atoms with van der Waals surface area (Å²) < 4.78 is 13.3. The number of piperidine rings is 1. The Bertz CT molecular complexity index is 1550. The molecule has 2 N–H and O–H groups in total. The molecule has 11 heteroatoms. The molecule has 0 amide bonds. The van der Waals surface area contributed by atoms with Gasteiger partial charge in [0.25, 0.3) is 0 Å². The molecule has 0 radical (unpaired) electrons. The van der Waals surface area contributed by atoms with Crippen LogP contribution >= 0.6 is 18.7 Å². The summed E-state index contributed by atoms with van der Waals surface area (Å²) in [6.07, 6.45) is 7.10. The molecular weight excluding hydrogens is 531 g/mol. The van der Waals surface area contributed by atoms with Crippen molar-refractivity contribution in [3.63, 3.8) is 0 Å². The van der Waals surface area contributed by atoms with Crippen molar-refractivity contribution in [2.75, 3.05) is 56.0 Å². The molecule has 2 aromatic carbocycles. The number of aryl methyl sites for hydroxylation is 1. The maximum absolute atomic E-state index is 13.3. The Balaban J connectivity index is 1.37. The van der Waals surface area contributed by atoms with Gasteiger partial charge in [-0.05, 0) is 83.1 Å². The molecule has 0 bridgehead atoms. The van der Waals surface area contributed by atoms with Crippen LogP contribution in [0.1, 0.15) is 18.4 Å². The third-order valence-corrected chi connectivity index (χ3v) is 8.94. The third-order valence-electron chi connectivity index (χ3n) is 7.14. The molecular formula is C28H34ClN8OP. The van der Waals surface area contributed by atoms with E-state index in [1.807, 2.05) is 12.1 Å². The lowest BCUT2D eigenvalue weighted by Gasteiger charge is -2.37. The van der Waals surface area contributed by atoms with Gasteiger partial charge in [-0.1, -0.05) is 11.6 Å². The summed E-state index contributed by atoms with van der Waals surface area (Å²) in [7, 11) is 1.60. The molecule has 1 aliphatic rings. The molecule has 1 saturated heterocycles. The first-order valence-electron chi connectivity index (χ1n) is 13.0. The highest BCUT2D eigenvalue weighted by atomic mass is 35.5. The lowest BCUT2D eigenvalue weighted by atomic mass is 10.0. The molecule has 204 valence electrons. The molecule has 1 fully saturated rings. The number of halogens is 1. The first-order chi connectivity index (χ1) is 18.6. The van der Waals surface area contributed by atoms with Crippen LogP contribution in [0.2, 0.25) is 5.02 Å². The second-order valence-corrected chi connectivity index (χ2v) is 14.1. The summed E-state index contributed by atoms with van der Waals surface area (Å²) in [6.45, 7) is 7.67. The summed E-state index contributed by atoms with van der Waals surface area (Å²) in [5, 5.41) is 7.53. The minimum absolute atomic E-state index is 0.348. The topological polar surface area (TPSA) is 99.2 Å². The average Bonchev–Trinajstić information content (AvgIpc) is 2.90. The molecule has 5 rings (SSSR count). The number of rotatable bonds is 7. The lowest BCUT2D eigenvalue weighted by Crippen LogP contribution is -2.42. The number of anilines is 5. The molecule has 39 heavy (non-hydrogen) atoms. The average molecular weight is 565 g/mol. The predicted octanol–water partition coefficient (Wildman–Crippen LogP) is 5.65. The standard InChI is InChI=1S/C28H34ClN8OP/c1-18-16-19(6-9-24(18)37-14-10-20(11-15-37)36(2)3)33-28-32-17-21(29)27(35-28)34-23-8-7-22-25(31-13-12-30-22)26(23)39(4,5)38/h6-9,12-13,16-17,20H,10-11,14-15H2,1-5H3,(H2,32,33,34,35). The van der Waals surface area contributed by atoms with Crippen molar-refractivity contribution in [3.8, 4) is 0 Å². The molecule has 9 nitrogen and oxygen atoms in total. The molecule has 0 aliphatic carbocycles. The van der Waals surface area contributed by atoms with E-state index in [1.54, 1.807) is 31.9 Å². The van der Waals surface area contributed by atoms with E-state index in [-0.39, 0.29) is 0 Å². The summed E-state index contributed by atoms with van der Waals surface area (Å²) in [5.74, 6) is 0.809. The summed E-state index contributed by atoms with van der Waals surface area (Å²) in [5.41, 5.74) is 5.24. The van der Waals surface area contributed by atoms with Gasteiger partial charge in [-0.15, -0.1) is 0 Å². The number of hydrogen-bond acceptors (Lipinski definition) is 9. The Hall–Kier alpha value is -3.26. The van der Waals surface area contributed by atoms with Crippen LogP contribution in [0.5, 0.6) is 0 Å². The van der Waals surface area contributed by atoms with Gasteiger partial charge in [0.15, 0.2) is 5.82 Å². The largest absolute Gasteiger partial charge is 0.371 e. The minimum atomic E-state index is -2.72. The Kier molecular flexibility index (Phi) is 7.76. The Labute approximate surface area is 234 Å². The van der Waals surface area contributed by atoms with E-state index in [2.05, 4.69) is 79.6 Å². The predicted molar refractivity (Wildman–Crippen MR) is 162 cm³/mol. The van der Waals surface area contributed by atoms with Gasteiger partial charge in [0.1, 0.15) is 17.7 Å². The normalized spacial score (nSPS) is 14.7. The van der Waals surface area contributed by atoms with Gasteiger partial charge in [0, 0.05) is 42.9 Å². The van der Waals surface area contributed by atoms with Gasteiger partial charge in [0.05, 0.1) is 22.7 Å². The molecule has 2 aromatic heterocycles. The fourth-order valence-electron chi connectivity index (χ4n) is 5.15. The summed E-state index contributed by atoms with van der Waals surface area (Å²) in [6, 6.07) is 10.6. The van der Waals surface area contributed by atoms with Gasteiger partial charge in [-0.2, -0.15) is 4.98 Å². The summed E-state index contributed by atoms with van der Waals surface area (Å²) in [4.78, 5) is 22.6. The van der Waals surface area contributed by atoms with Crippen LogP contribution in [-0.4, -0.2) is 71.4 Å². The molecule has 3 heterocycles. The number of hydrogen-bond donors (Lipinski definition) is 2. The van der Waals surface area contributed by atoms with Gasteiger partial charge in [0.2, 0.25) is 5.95 Å². The van der Waals surface area contributed by atoms with E-state index in [0.29, 0.717) is 44.9 Å². The van der Waals surface area contributed by atoms with Crippen LogP contribution in [-0.2, 0) is 4.57 Å². The van der Waals surface area contributed by atoms with Crippen molar-refractivity contribution in [3.05, 3.63) is 59.5 Å². The molecule has 0 unspecified atom stereocenters. The van der Waals surface area contributed by atoms with E-state index in [1.165, 1.54) is 11.3 Å². The van der Waals surface area contributed by atoms with Crippen LogP contribution in [0.3, 0.4) is 0 Å². The second kappa shape index (κ2) is 11.1. The van der Waals surface area contributed by atoms with E-state index >= 15 is 0 Å². The van der Waals surface area contributed by atoms with Crippen molar-refractivity contribution in [1.82, 2.24) is 24.8 Å². The van der Waals surface area contributed by atoms with Gasteiger partial charge in [-0.3, -0.25) is 9.97 Å². The highest BCUT2D eigenvalue weighted by Crippen LogP contribution is 2.41. The smallest absolute Gasteiger partial charge is 0.229 e. The second-order valence-electron chi connectivity index (χ2n) is 10.6. The zero-order valence-corrected chi connectivity index (χ0v) is 24.6. The highest BCUT2D eigenvalue weighted by Gasteiger charge is 2.23. The zero-order valence-electron chi connectivity index (χ0n) is 22.9. The number of nitrogens with zero attached hydrogens (tertiary/aromatic N) is 6. The Morgan fingerprint density at radius 1 is 1.03 bits per heavy atom. The quantitative estimate of drug-likeness (QED) is 0.276.